The summed E-state index contributed by atoms with van der Waals surface area (Å²) in [5.41, 5.74) is 1.56. The van der Waals surface area contributed by atoms with Crippen LogP contribution in [0.5, 0.6) is 0 Å². The van der Waals surface area contributed by atoms with E-state index in [4.69, 9.17) is 0 Å². The minimum Gasteiger partial charge on any atom is -0.298 e. The Kier molecular flexibility index (Phi) is 3.61. The molecule has 0 aliphatic carbocycles. The van der Waals surface area contributed by atoms with Gasteiger partial charge in [-0.15, -0.1) is 0 Å². The highest BCUT2D eigenvalue weighted by Gasteiger charge is 2.13. The fourth-order valence-electron chi connectivity index (χ4n) is 1.62. The summed E-state index contributed by atoms with van der Waals surface area (Å²) < 4.78 is 15.6. The van der Waals surface area contributed by atoms with Crippen molar-refractivity contribution < 1.29 is 9.18 Å². The maximum atomic E-state index is 13.5. The number of halogens is 2. The molecule has 0 amide bonds. The summed E-state index contributed by atoms with van der Waals surface area (Å²) in [6.45, 7) is 3.93. The van der Waals surface area contributed by atoms with Gasteiger partial charge < -0.3 is 0 Å². The lowest BCUT2D eigenvalue weighted by atomic mass is 10.1. The first-order valence-electron chi connectivity index (χ1n) is 5.52. The molecule has 0 aliphatic heterocycles. The Hall–Kier alpha value is -1.49. The van der Waals surface area contributed by atoms with E-state index >= 15 is 0 Å². The summed E-state index contributed by atoms with van der Waals surface area (Å²) in [6.07, 6.45) is 2.41. The highest BCUT2D eigenvalue weighted by molar-refractivity contribution is 9.10. The molecule has 0 atom stereocenters. The van der Waals surface area contributed by atoms with Crippen molar-refractivity contribution in [3.63, 3.8) is 0 Å². The van der Waals surface area contributed by atoms with Gasteiger partial charge in [-0.1, -0.05) is 6.07 Å². The molecule has 18 heavy (non-hydrogen) atoms. The van der Waals surface area contributed by atoms with E-state index < -0.39 is 0 Å². The van der Waals surface area contributed by atoms with Crippen LogP contribution in [0.25, 0.3) is 11.3 Å². The van der Waals surface area contributed by atoms with Gasteiger partial charge in [-0.25, -0.2) is 4.39 Å². The zero-order valence-corrected chi connectivity index (χ0v) is 11.6. The van der Waals surface area contributed by atoms with Gasteiger partial charge in [-0.2, -0.15) is 5.10 Å². The second-order valence-electron chi connectivity index (χ2n) is 4.25. The molecule has 94 valence electrons. The minimum atomic E-state index is -0.372. The van der Waals surface area contributed by atoms with Crippen LogP contribution in [-0.4, -0.2) is 16.1 Å². The first-order valence-corrected chi connectivity index (χ1v) is 6.32. The van der Waals surface area contributed by atoms with E-state index in [9.17, 15) is 9.18 Å². The van der Waals surface area contributed by atoms with E-state index in [0.717, 1.165) is 6.29 Å². The zero-order valence-electron chi connectivity index (χ0n) is 10.0. The molecule has 0 N–H and O–H groups in total. The van der Waals surface area contributed by atoms with Crippen LogP contribution < -0.4 is 0 Å². The molecule has 0 fully saturated rings. The normalized spacial score (nSPS) is 10.9. The van der Waals surface area contributed by atoms with Crippen LogP contribution in [0, 0.1) is 5.82 Å². The van der Waals surface area contributed by atoms with Crippen LogP contribution in [0.3, 0.4) is 0 Å². The Morgan fingerprint density at radius 2 is 2.17 bits per heavy atom. The Morgan fingerprint density at radius 1 is 1.44 bits per heavy atom. The van der Waals surface area contributed by atoms with Crippen molar-refractivity contribution in [3.8, 4) is 11.3 Å². The molecule has 0 saturated carbocycles. The van der Waals surface area contributed by atoms with Crippen molar-refractivity contribution in [2.45, 2.75) is 19.9 Å². The fraction of sp³-hybridized carbons (Fsp3) is 0.231. The summed E-state index contributed by atoms with van der Waals surface area (Å²) in [4.78, 5) is 11.0. The number of carbonyl (C=O) groups excluding carboxylic acids is 1. The fourth-order valence-corrected chi connectivity index (χ4v) is 1.87. The molecular formula is C13H12BrFN2O. The molecule has 3 nitrogen and oxygen atoms in total. The van der Waals surface area contributed by atoms with E-state index in [1.54, 1.807) is 23.0 Å². The Morgan fingerprint density at radius 3 is 2.72 bits per heavy atom. The third kappa shape index (κ3) is 2.36. The van der Waals surface area contributed by atoms with Crippen LogP contribution in [0.2, 0.25) is 0 Å². The number of nitrogens with zero attached hydrogens (tertiary/aromatic N) is 2. The van der Waals surface area contributed by atoms with Crippen molar-refractivity contribution in [2.24, 2.45) is 0 Å². The number of benzene rings is 1. The molecule has 1 aromatic carbocycles. The maximum absolute atomic E-state index is 13.5. The number of aldehydes is 1. The third-order valence-electron chi connectivity index (χ3n) is 2.61. The largest absolute Gasteiger partial charge is 0.298 e. The Bertz CT molecular complexity index is 593. The van der Waals surface area contributed by atoms with Gasteiger partial charge in [-0.05, 0) is 41.9 Å². The first kappa shape index (κ1) is 13.0. The van der Waals surface area contributed by atoms with Gasteiger partial charge in [0.15, 0.2) is 6.29 Å². The Balaban J connectivity index is 2.55. The molecule has 2 aromatic rings. The van der Waals surface area contributed by atoms with E-state index in [0.29, 0.717) is 21.3 Å². The number of hydrogen-bond donors (Lipinski definition) is 0. The number of carbonyl (C=O) groups is 1. The molecule has 0 bridgehead atoms. The lowest BCUT2D eigenvalue weighted by Gasteiger charge is -2.04. The molecule has 0 radical (unpaired) electrons. The van der Waals surface area contributed by atoms with Crippen molar-refractivity contribution in [2.75, 3.05) is 0 Å². The molecular weight excluding hydrogens is 299 g/mol. The average Bonchev–Trinajstić information content (AvgIpc) is 2.77. The van der Waals surface area contributed by atoms with Crippen LogP contribution in [0.4, 0.5) is 4.39 Å². The van der Waals surface area contributed by atoms with E-state index in [1.807, 2.05) is 13.8 Å². The Labute approximate surface area is 113 Å². The average molecular weight is 311 g/mol. The van der Waals surface area contributed by atoms with Crippen LogP contribution in [0.1, 0.15) is 30.2 Å². The molecule has 0 saturated heterocycles. The number of hydrogen-bond acceptors (Lipinski definition) is 2. The molecule has 0 aliphatic rings. The molecule has 2 rings (SSSR count). The maximum Gasteiger partial charge on any atom is 0.153 e. The van der Waals surface area contributed by atoms with E-state index in [2.05, 4.69) is 21.0 Å². The van der Waals surface area contributed by atoms with Crippen molar-refractivity contribution in [3.05, 3.63) is 40.2 Å². The van der Waals surface area contributed by atoms with Gasteiger partial charge in [-0.3, -0.25) is 9.48 Å². The van der Waals surface area contributed by atoms with Crippen LogP contribution >= 0.6 is 15.9 Å². The highest BCUT2D eigenvalue weighted by atomic mass is 79.9. The quantitative estimate of drug-likeness (QED) is 0.807. The second kappa shape index (κ2) is 5.02. The van der Waals surface area contributed by atoms with Gasteiger partial charge >= 0.3 is 0 Å². The molecule has 5 heteroatoms. The lowest BCUT2D eigenvalue weighted by Crippen LogP contribution is -2.00. The van der Waals surface area contributed by atoms with Crippen molar-refractivity contribution >= 4 is 22.2 Å². The predicted octanol–water partition coefficient (Wildman–Crippen LogP) is 3.85. The SMILES string of the molecule is CC(C)n1cc(C=O)c(-c2ccc(Br)c(F)c2)n1. The molecule has 0 unspecified atom stereocenters. The van der Waals surface area contributed by atoms with E-state index in [-0.39, 0.29) is 11.9 Å². The summed E-state index contributed by atoms with van der Waals surface area (Å²) >= 11 is 3.10. The molecule has 1 heterocycles. The predicted molar refractivity (Wildman–Crippen MR) is 71.1 cm³/mol. The lowest BCUT2D eigenvalue weighted by molar-refractivity contribution is 0.112. The topological polar surface area (TPSA) is 34.9 Å². The third-order valence-corrected chi connectivity index (χ3v) is 3.25. The van der Waals surface area contributed by atoms with E-state index in [1.165, 1.54) is 6.07 Å². The molecule has 0 spiro atoms. The number of aromatic nitrogens is 2. The summed E-state index contributed by atoms with van der Waals surface area (Å²) in [7, 11) is 0. The number of rotatable bonds is 3. The summed E-state index contributed by atoms with van der Waals surface area (Å²) in [6, 6.07) is 4.85. The highest BCUT2D eigenvalue weighted by Crippen LogP contribution is 2.26. The molecule has 1 aromatic heterocycles. The minimum absolute atomic E-state index is 0.151. The van der Waals surface area contributed by atoms with Crippen molar-refractivity contribution in [1.29, 1.82) is 0 Å². The second-order valence-corrected chi connectivity index (χ2v) is 5.11. The summed E-state index contributed by atoms with van der Waals surface area (Å²) in [5.74, 6) is -0.372. The van der Waals surface area contributed by atoms with Crippen LogP contribution in [0.15, 0.2) is 28.9 Å². The van der Waals surface area contributed by atoms with Gasteiger partial charge in [0.1, 0.15) is 11.5 Å². The summed E-state index contributed by atoms with van der Waals surface area (Å²) in [5, 5.41) is 4.33. The standard InChI is InChI=1S/C13H12BrFN2O/c1-8(2)17-6-10(7-18)13(16-17)9-3-4-11(14)12(15)5-9/h3-8H,1-2H3. The smallest absolute Gasteiger partial charge is 0.153 e. The van der Waals surface area contributed by atoms with Crippen LogP contribution in [-0.2, 0) is 0 Å². The van der Waals surface area contributed by atoms with Gasteiger partial charge in [0.2, 0.25) is 0 Å². The monoisotopic (exact) mass is 310 g/mol. The van der Waals surface area contributed by atoms with Gasteiger partial charge in [0, 0.05) is 17.8 Å². The van der Waals surface area contributed by atoms with Gasteiger partial charge in [0.25, 0.3) is 0 Å². The first-order chi connectivity index (χ1) is 8.52. The zero-order chi connectivity index (χ0) is 13.3. The van der Waals surface area contributed by atoms with Gasteiger partial charge in [0.05, 0.1) is 10.0 Å². The van der Waals surface area contributed by atoms with Crippen molar-refractivity contribution in [1.82, 2.24) is 9.78 Å².